The topological polar surface area (TPSA) is 110 Å². The van der Waals surface area contributed by atoms with Crippen LogP contribution in [0.25, 0.3) is 10.8 Å². The van der Waals surface area contributed by atoms with E-state index >= 15 is 0 Å². The number of anilines is 1. The Morgan fingerprint density at radius 2 is 1.55 bits per heavy atom. The number of esters is 1. The van der Waals surface area contributed by atoms with Gasteiger partial charge in [0.1, 0.15) is 11.5 Å². The van der Waals surface area contributed by atoms with Crippen LogP contribution in [0.15, 0.2) is 83.7 Å². The zero-order valence-electron chi connectivity index (χ0n) is 17.8. The molecular weight excluding hydrogens is 422 g/mol. The number of benzene rings is 3. The van der Waals surface area contributed by atoms with Crippen LogP contribution < -0.4 is 15.6 Å². The number of ether oxygens (including phenoxy) is 2. The zero-order chi connectivity index (χ0) is 23.2. The fourth-order valence-electron chi connectivity index (χ4n) is 3.21. The number of aromatic nitrogens is 2. The number of rotatable bonds is 7. The number of carbonyl (C=O) groups is 2. The lowest BCUT2D eigenvalue weighted by Crippen LogP contribution is -2.30. The molecule has 0 aliphatic rings. The molecular formula is C25H21N3O5. The van der Waals surface area contributed by atoms with Gasteiger partial charge < -0.3 is 14.8 Å². The van der Waals surface area contributed by atoms with Gasteiger partial charge in [-0.1, -0.05) is 36.4 Å². The molecule has 0 aliphatic heterocycles. The van der Waals surface area contributed by atoms with E-state index in [1.54, 1.807) is 48.5 Å². The van der Waals surface area contributed by atoms with Gasteiger partial charge in [-0.05, 0) is 49.4 Å². The molecule has 1 heterocycles. The van der Waals surface area contributed by atoms with Crippen LogP contribution in [0.1, 0.15) is 12.6 Å². The van der Waals surface area contributed by atoms with Crippen molar-refractivity contribution in [1.82, 2.24) is 10.2 Å². The molecule has 0 saturated heterocycles. The van der Waals surface area contributed by atoms with Crippen molar-refractivity contribution in [2.75, 3.05) is 5.32 Å². The van der Waals surface area contributed by atoms with Crippen molar-refractivity contribution in [3.8, 4) is 11.5 Å². The zero-order valence-corrected chi connectivity index (χ0v) is 17.8. The largest absolute Gasteiger partial charge is 0.457 e. The summed E-state index contributed by atoms with van der Waals surface area (Å²) in [5, 5.41) is 10.0. The van der Waals surface area contributed by atoms with Crippen molar-refractivity contribution in [2.45, 2.75) is 19.4 Å². The van der Waals surface area contributed by atoms with E-state index in [0.717, 1.165) is 0 Å². The molecule has 2 N–H and O–H groups in total. The third kappa shape index (κ3) is 5.43. The first-order valence-electron chi connectivity index (χ1n) is 10.3. The van der Waals surface area contributed by atoms with Crippen molar-refractivity contribution in [3.63, 3.8) is 0 Å². The van der Waals surface area contributed by atoms with Gasteiger partial charge in [-0.15, -0.1) is 0 Å². The number of hydrogen-bond donors (Lipinski definition) is 2. The van der Waals surface area contributed by atoms with Gasteiger partial charge >= 0.3 is 5.97 Å². The van der Waals surface area contributed by atoms with Crippen LogP contribution in [0.3, 0.4) is 0 Å². The second-order valence-electron chi connectivity index (χ2n) is 7.28. The summed E-state index contributed by atoms with van der Waals surface area (Å²) in [6.07, 6.45) is -1.20. The highest BCUT2D eigenvalue weighted by Crippen LogP contribution is 2.22. The molecule has 0 spiro atoms. The van der Waals surface area contributed by atoms with Crippen LogP contribution in [0.2, 0.25) is 0 Å². The molecule has 8 heteroatoms. The molecule has 166 valence electrons. The van der Waals surface area contributed by atoms with Crippen molar-refractivity contribution < 1.29 is 19.1 Å². The summed E-state index contributed by atoms with van der Waals surface area (Å²) in [5.74, 6) is 0.229. The summed E-state index contributed by atoms with van der Waals surface area (Å²) in [6, 6.07) is 23.0. The van der Waals surface area contributed by atoms with Gasteiger partial charge in [-0.2, -0.15) is 5.10 Å². The Labute approximate surface area is 189 Å². The van der Waals surface area contributed by atoms with Crippen molar-refractivity contribution >= 4 is 28.3 Å². The molecule has 0 fully saturated rings. The number of para-hydroxylation sites is 1. The fraction of sp³-hybridized carbons (Fsp3) is 0.120. The van der Waals surface area contributed by atoms with E-state index in [4.69, 9.17) is 9.47 Å². The number of carbonyl (C=O) groups excluding carboxylic acids is 2. The van der Waals surface area contributed by atoms with E-state index in [0.29, 0.717) is 33.7 Å². The van der Waals surface area contributed by atoms with Gasteiger partial charge in [0.2, 0.25) is 0 Å². The molecule has 0 bridgehead atoms. The minimum Gasteiger partial charge on any atom is -0.457 e. The van der Waals surface area contributed by atoms with Crippen molar-refractivity contribution in [3.05, 3.63) is 94.9 Å². The summed E-state index contributed by atoms with van der Waals surface area (Å²) >= 11 is 0. The average molecular weight is 443 g/mol. The molecule has 1 unspecified atom stereocenters. The first-order valence-corrected chi connectivity index (χ1v) is 10.3. The monoisotopic (exact) mass is 443 g/mol. The Hall–Kier alpha value is -4.46. The van der Waals surface area contributed by atoms with Gasteiger partial charge in [0.25, 0.3) is 11.5 Å². The Kier molecular flexibility index (Phi) is 6.45. The highest BCUT2D eigenvalue weighted by molar-refractivity contribution is 5.95. The summed E-state index contributed by atoms with van der Waals surface area (Å²) in [7, 11) is 0. The van der Waals surface area contributed by atoms with E-state index in [1.807, 2.05) is 30.3 Å². The minimum absolute atomic E-state index is 0.180. The number of nitrogens with one attached hydrogen (secondary N) is 2. The maximum absolute atomic E-state index is 12.5. The third-order valence-electron chi connectivity index (χ3n) is 4.86. The molecule has 33 heavy (non-hydrogen) atoms. The number of amides is 1. The molecule has 1 atom stereocenters. The minimum atomic E-state index is -1.02. The summed E-state index contributed by atoms with van der Waals surface area (Å²) in [4.78, 5) is 36.7. The van der Waals surface area contributed by atoms with Crippen molar-refractivity contribution in [2.24, 2.45) is 0 Å². The van der Waals surface area contributed by atoms with Crippen molar-refractivity contribution in [1.29, 1.82) is 0 Å². The van der Waals surface area contributed by atoms with Crippen LogP contribution in [-0.2, 0) is 20.7 Å². The van der Waals surface area contributed by atoms with Gasteiger partial charge in [-0.3, -0.25) is 14.4 Å². The Balaban J connectivity index is 1.33. The van der Waals surface area contributed by atoms with E-state index in [2.05, 4.69) is 15.5 Å². The summed E-state index contributed by atoms with van der Waals surface area (Å²) in [5.41, 5.74) is 0.573. The van der Waals surface area contributed by atoms with Crippen LogP contribution in [-0.4, -0.2) is 28.2 Å². The quantitative estimate of drug-likeness (QED) is 0.420. The normalized spacial score (nSPS) is 11.5. The highest BCUT2D eigenvalue weighted by Gasteiger charge is 2.20. The number of H-pyrrole nitrogens is 1. The van der Waals surface area contributed by atoms with E-state index in [-0.39, 0.29) is 12.0 Å². The Morgan fingerprint density at radius 1 is 0.909 bits per heavy atom. The van der Waals surface area contributed by atoms with Crippen LogP contribution >= 0.6 is 0 Å². The van der Waals surface area contributed by atoms with Gasteiger partial charge in [0.05, 0.1) is 17.5 Å². The maximum Gasteiger partial charge on any atom is 0.312 e. The number of fused-ring (bicyclic) bond motifs is 1. The number of aromatic amines is 1. The van der Waals surface area contributed by atoms with Crippen LogP contribution in [0, 0.1) is 0 Å². The smallest absolute Gasteiger partial charge is 0.312 e. The molecule has 4 aromatic rings. The molecule has 1 amide bonds. The fourth-order valence-corrected chi connectivity index (χ4v) is 3.21. The number of hydrogen-bond acceptors (Lipinski definition) is 6. The predicted molar refractivity (Wildman–Crippen MR) is 123 cm³/mol. The van der Waals surface area contributed by atoms with Crippen LogP contribution in [0.5, 0.6) is 11.5 Å². The lowest BCUT2D eigenvalue weighted by molar-refractivity contribution is -0.152. The van der Waals surface area contributed by atoms with Gasteiger partial charge in [0, 0.05) is 11.1 Å². The highest BCUT2D eigenvalue weighted by atomic mass is 16.5. The molecule has 0 radical (unpaired) electrons. The second kappa shape index (κ2) is 9.78. The lowest BCUT2D eigenvalue weighted by atomic mass is 10.1. The second-order valence-corrected chi connectivity index (χ2v) is 7.28. The Bertz CT molecular complexity index is 1330. The van der Waals surface area contributed by atoms with E-state index in [1.165, 1.54) is 6.92 Å². The predicted octanol–water partition coefficient (Wildman–Crippen LogP) is 3.83. The van der Waals surface area contributed by atoms with E-state index in [9.17, 15) is 14.4 Å². The van der Waals surface area contributed by atoms with Gasteiger partial charge in [0.15, 0.2) is 6.10 Å². The molecule has 0 aliphatic carbocycles. The number of nitrogens with zero attached hydrogens (tertiary/aromatic N) is 1. The molecule has 0 saturated carbocycles. The SMILES string of the molecule is CC(OC(=O)Cc1n[nH]c(=O)c2ccccc12)C(=O)Nc1ccc(Oc2ccccc2)cc1. The Morgan fingerprint density at radius 3 is 2.27 bits per heavy atom. The standard InChI is InChI=1S/C25H21N3O5/c1-16(32-23(29)15-22-20-9-5-6-10-21(20)25(31)28-27-22)24(30)26-17-11-13-19(14-12-17)33-18-7-3-2-4-8-18/h2-14,16H,15H2,1H3,(H,26,30)(H,28,31). The first kappa shape index (κ1) is 21.8. The first-order chi connectivity index (χ1) is 16.0. The molecule has 8 nitrogen and oxygen atoms in total. The molecule has 3 aromatic carbocycles. The third-order valence-corrected chi connectivity index (χ3v) is 4.86. The van der Waals surface area contributed by atoms with E-state index < -0.39 is 18.0 Å². The van der Waals surface area contributed by atoms with Gasteiger partial charge in [-0.25, -0.2) is 5.10 Å². The van der Waals surface area contributed by atoms with Crippen LogP contribution in [0.4, 0.5) is 5.69 Å². The average Bonchev–Trinajstić information content (AvgIpc) is 2.83. The lowest BCUT2D eigenvalue weighted by Gasteiger charge is -2.14. The summed E-state index contributed by atoms with van der Waals surface area (Å²) in [6.45, 7) is 1.48. The molecule has 4 rings (SSSR count). The maximum atomic E-state index is 12.5. The summed E-state index contributed by atoms with van der Waals surface area (Å²) < 4.78 is 11.0. The molecule has 1 aromatic heterocycles.